The Labute approximate surface area is 293 Å². The van der Waals surface area contributed by atoms with Crippen molar-refractivity contribution >= 4 is 58.0 Å². The van der Waals surface area contributed by atoms with E-state index in [9.17, 15) is 19.5 Å². The van der Waals surface area contributed by atoms with Crippen LogP contribution in [0.1, 0.15) is 35.7 Å². The largest absolute Gasteiger partial charge is 0.491 e. The van der Waals surface area contributed by atoms with E-state index in [0.717, 1.165) is 0 Å². The van der Waals surface area contributed by atoms with Crippen LogP contribution in [0.5, 0.6) is 5.75 Å². The molecule has 0 fully saturated rings. The molecule has 252 valence electrons. The van der Waals surface area contributed by atoms with E-state index in [0.29, 0.717) is 61.0 Å². The lowest BCUT2D eigenvalue weighted by Crippen LogP contribution is -2.35. The van der Waals surface area contributed by atoms with Gasteiger partial charge in [0.2, 0.25) is 0 Å². The summed E-state index contributed by atoms with van der Waals surface area (Å²) in [5, 5.41) is 32.7. The average Bonchev–Trinajstić information content (AvgIpc) is 3.08. The average molecular weight is 702 g/mol. The number of aliphatic hydroxyl groups excluding tert-OH is 1. The number of carboxylic acids is 1. The van der Waals surface area contributed by atoms with Crippen molar-refractivity contribution < 1.29 is 29.3 Å². The van der Waals surface area contributed by atoms with Crippen molar-refractivity contribution in [2.45, 2.75) is 25.9 Å². The van der Waals surface area contributed by atoms with Crippen LogP contribution in [-0.4, -0.2) is 47.3 Å². The highest BCUT2D eigenvalue weighted by molar-refractivity contribution is 6.31. The highest BCUT2D eigenvalue weighted by Crippen LogP contribution is 2.40. The summed E-state index contributed by atoms with van der Waals surface area (Å²) in [6.45, 7) is 3.73. The number of hydrogen-bond acceptors (Lipinski definition) is 7. The number of carbonyl (C=O) groups excluding carboxylic acids is 2. The quantitative estimate of drug-likeness (QED) is 0.0921. The van der Waals surface area contributed by atoms with Gasteiger partial charge in [-0.2, -0.15) is 0 Å². The summed E-state index contributed by atoms with van der Waals surface area (Å²) < 4.78 is 5.83. The smallest absolute Gasteiger partial charge is 0.335 e. The summed E-state index contributed by atoms with van der Waals surface area (Å²) in [5.41, 5.74) is 4.47. The Kier molecular flexibility index (Phi) is 11.3. The van der Waals surface area contributed by atoms with Gasteiger partial charge in [-0.1, -0.05) is 35.3 Å². The van der Waals surface area contributed by atoms with E-state index in [1.165, 1.54) is 12.1 Å². The molecule has 1 aliphatic heterocycles. The minimum absolute atomic E-state index is 0.0194. The molecule has 1 unspecified atom stereocenters. The molecular formula is C37H34Cl2N4O6. The Balaban J connectivity index is 1.35. The lowest BCUT2D eigenvalue weighted by molar-refractivity contribution is -0.113. The first-order valence-electron chi connectivity index (χ1n) is 15.3. The van der Waals surface area contributed by atoms with Crippen LogP contribution in [0.25, 0.3) is 0 Å². The molecule has 4 aromatic rings. The molecule has 1 heterocycles. The number of nitrogens with one attached hydrogen (secondary N) is 4. The number of carbonyl (C=O) groups is 3. The Morgan fingerprint density at radius 2 is 1.20 bits per heavy atom. The molecule has 0 saturated heterocycles. The first-order valence-corrected chi connectivity index (χ1v) is 16.0. The van der Waals surface area contributed by atoms with Crippen LogP contribution in [0.2, 0.25) is 10.0 Å². The number of amides is 2. The van der Waals surface area contributed by atoms with Crippen LogP contribution in [0, 0.1) is 0 Å². The minimum Gasteiger partial charge on any atom is -0.491 e. The highest BCUT2D eigenvalue weighted by Gasteiger charge is 2.36. The van der Waals surface area contributed by atoms with Crippen molar-refractivity contribution in [2.75, 3.05) is 29.1 Å². The number of rotatable bonds is 12. The van der Waals surface area contributed by atoms with Crippen molar-refractivity contribution in [3.8, 4) is 5.75 Å². The van der Waals surface area contributed by atoms with Crippen LogP contribution in [0.15, 0.2) is 120 Å². The van der Waals surface area contributed by atoms with Crippen LogP contribution in [0.4, 0.5) is 17.1 Å². The lowest BCUT2D eigenvalue weighted by atomic mass is 9.79. The van der Waals surface area contributed by atoms with Gasteiger partial charge in [0.15, 0.2) is 0 Å². The van der Waals surface area contributed by atoms with Gasteiger partial charge in [0.25, 0.3) is 11.8 Å². The number of carboxylic acid groups (broad SMARTS) is 1. The van der Waals surface area contributed by atoms with Crippen molar-refractivity contribution in [1.82, 2.24) is 5.32 Å². The minimum atomic E-state index is -1.02. The third-order valence-electron chi connectivity index (χ3n) is 7.78. The number of hydrogen-bond donors (Lipinski definition) is 6. The molecule has 1 atom stereocenters. The van der Waals surface area contributed by atoms with Crippen molar-refractivity contribution in [2.24, 2.45) is 0 Å². The normalized spacial score (nSPS) is 13.7. The number of anilines is 3. The molecular weight excluding hydrogens is 667 g/mol. The summed E-state index contributed by atoms with van der Waals surface area (Å²) in [6, 6.07) is 26.7. The maximum Gasteiger partial charge on any atom is 0.335 e. The molecule has 49 heavy (non-hydrogen) atoms. The Hall–Kier alpha value is -5.29. The number of halogens is 2. The summed E-state index contributed by atoms with van der Waals surface area (Å²) >= 11 is 12.1. The zero-order valence-electron chi connectivity index (χ0n) is 26.6. The summed E-state index contributed by atoms with van der Waals surface area (Å²) in [7, 11) is 0. The maximum atomic E-state index is 13.9. The van der Waals surface area contributed by atoms with Crippen molar-refractivity contribution in [1.29, 1.82) is 0 Å². The molecule has 0 radical (unpaired) electrons. The van der Waals surface area contributed by atoms with E-state index < -0.39 is 29.8 Å². The van der Waals surface area contributed by atoms with Gasteiger partial charge in [-0.05, 0) is 104 Å². The van der Waals surface area contributed by atoms with Crippen LogP contribution in [-0.2, 0) is 9.59 Å². The van der Waals surface area contributed by atoms with Gasteiger partial charge in [0, 0.05) is 62.1 Å². The van der Waals surface area contributed by atoms with Crippen molar-refractivity contribution in [3.63, 3.8) is 0 Å². The zero-order chi connectivity index (χ0) is 35.1. The zero-order valence-corrected chi connectivity index (χ0v) is 28.1. The van der Waals surface area contributed by atoms with Crippen LogP contribution < -0.4 is 26.0 Å². The van der Waals surface area contributed by atoms with E-state index >= 15 is 0 Å². The molecule has 10 nitrogen and oxygen atoms in total. The Morgan fingerprint density at radius 1 is 0.735 bits per heavy atom. The van der Waals surface area contributed by atoms with Gasteiger partial charge >= 0.3 is 5.97 Å². The molecule has 0 spiro atoms. The van der Waals surface area contributed by atoms with Gasteiger partial charge in [-0.3, -0.25) is 9.59 Å². The molecule has 0 aromatic heterocycles. The van der Waals surface area contributed by atoms with Crippen LogP contribution >= 0.6 is 23.2 Å². The predicted molar refractivity (Wildman–Crippen MR) is 191 cm³/mol. The fourth-order valence-electron chi connectivity index (χ4n) is 5.37. The predicted octanol–water partition coefficient (Wildman–Crippen LogP) is 7.06. The summed E-state index contributed by atoms with van der Waals surface area (Å²) in [5.74, 6) is -2.08. The van der Waals surface area contributed by atoms with Gasteiger partial charge in [-0.15, -0.1) is 0 Å². The van der Waals surface area contributed by atoms with E-state index in [2.05, 4.69) is 21.3 Å². The number of aromatic carboxylic acids is 1. The highest BCUT2D eigenvalue weighted by atomic mass is 35.5. The number of benzene rings is 4. The molecule has 6 N–H and O–H groups in total. The topological polar surface area (TPSA) is 149 Å². The van der Waals surface area contributed by atoms with Crippen LogP contribution in [0.3, 0.4) is 0 Å². The number of allylic oxidation sites excluding steroid dienone is 2. The van der Waals surface area contributed by atoms with E-state index in [1.807, 2.05) is 0 Å². The molecule has 0 saturated carbocycles. The SMILES string of the molecule is CC1=C(C(=O)Nc2ccc(Cl)cc2)C(c2ccc(OCC(O)CNc3ccc(C(=O)O)cc3)cc2)C(C(=O)Nc2ccc(Cl)cc2)=C(C)N1. The second kappa shape index (κ2) is 15.7. The molecule has 4 aromatic carbocycles. The number of aliphatic hydroxyl groups is 1. The van der Waals surface area contributed by atoms with E-state index in [4.69, 9.17) is 33.0 Å². The van der Waals surface area contributed by atoms with Gasteiger partial charge in [0.1, 0.15) is 18.5 Å². The molecule has 0 aliphatic carbocycles. The lowest BCUT2D eigenvalue weighted by Gasteiger charge is -2.31. The standard InChI is InChI=1S/C37H34Cl2N4O6/c1-21-32(35(45)42-28-13-7-25(38)8-14-28)34(33(22(2)41-21)36(46)43-29-15-9-26(39)10-16-29)23-5-17-31(18-6-23)49-20-30(44)19-40-27-11-3-24(4-12-27)37(47)48/h3-18,30,34,40-41,44H,19-20H2,1-2H3,(H,42,45)(H,43,46)(H,47,48). The maximum absolute atomic E-state index is 13.9. The van der Waals surface area contributed by atoms with Gasteiger partial charge in [0.05, 0.1) is 5.56 Å². The fourth-order valence-corrected chi connectivity index (χ4v) is 5.62. The molecule has 0 bridgehead atoms. The first-order chi connectivity index (χ1) is 23.5. The summed E-state index contributed by atoms with van der Waals surface area (Å²) in [6.07, 6.45) is -0.870. The van der Waals surface area contributed by atoms with E-state index in [-0.39, 0.29) is 18.7 Å². The number of ether oxygens (including phenoxy) is 1. The molecule has 5 rings (SSSR count). The monoisotopic (exact) mass is 700 g/mol. The molecule has 12 heteroatoms. The fraction of sp³-hybridized carbons (Fsp3) is 0.162. The Morgan fingerprint density at radius 3 is 1.67 bits per heavy atom. The second-order valence-electron chi connectivity index (χ2n) is 11.4. The van der Waals surface area contributed by atoms with Gasteiger partial charge in [-0.25, -0.2) is 4.79 Å². The van der Waals surface area contributed by atoms with E-state index in [1.54, 1.807) is 98.8 Å². The Bertz CT molecular complexity index is 1810. The van der Waals surface area contributed by atoms with Crippen molar-refractivity contribution in [3.05, 3.63) is 141 Å². The molecule has 2 amide bonds. The first kappa shape index (κ1) is 35.0. The number of dihydropyridines is 1. The third-order valence-corrected chi connectivity index (χ3v) is 8.29. The summed E-state index contributed by atoms with van der Waals surface area (Å²) in [4.78, 5) is 38.8. The van der Waals surface area contributed by atoms with Gasteiger partial charge < -0.3 is 36.2 Å². The third kappa shape index (κ3) is 8.99. The second-order valence-corrected chi connectivity index (χ2v) is 12.2. The molecule has 1 aliphatic rings.